The highest BCUT2D eigenvalue weighted by molar-refractivity contribution is 6.07. The third kappa shape index (κ3) is 1.36. The number of Topliss-reactive ketones (excluding diaryl/α,β-unsaturated/α-hetero) is 1. The molecule has 1 atom stereocenters. The molecule has 0 heterocycles. The number of hydrogen-bond donors (Lipinski definition) is 0. The number of ether oxygens (including phenoxy) is 2. The van der Waals surface area contributed by atoms with Crippen molar-refractivity contribution in [3.8, 4) is 11.5 Å². The van der Waals surface area contributed by atoms with E-state index >= 15 is 0 Å². The minimum absolute atomic E-state index is 0.291. The van der Waals surface area contributed by atoms with Crippen LogP contribution in [0.15, 0.2) is 17.3 Å². The average molecular weight is 221 g/mol. The van der Waals surface area contributed by atoms with E-state index in [4.69, 9.17) is 9.47 Å². The first-order valence-electron chi connectivity index (χ1n) is 4.83. The molecular formula is C11H11NO4. The topological polar surface area (TPSA) is 65.0 Å². The molecule has 0 unspecified atom stereocenters. The lowest BCUT2D eigenvalue weighted by molar-refractivity contribution is 0.0972. The largest absolute Gasteiger partial charge is 0.493 e. The predicted octanol–water partition coefficient (Wildman–Crippen LogP) is 1.58. The number of carbonyl (C=O) groups is 1. The summed E-state index contributed by atoms with van der Waals surface area (Å²) in [5, 5.41) is 2.82. The van der Waals surface area contributed by atoms with Crippen LogP contribution in [0.25, 0.3) is 0 Å². The molecule has 1 aromatic carbocycles. The lowest BCUT2D eigenvalue weighted by Gasteiger charge is -2.10. The number of hydrogen-bond acceptors (Lipinski definition) is 5. The van der Waals surface area contributed by atoms with Gasteiger partial charge >= 0.3 is 0 Å². The highest BCUT2D eigenvalue weighted by Gasteiger charge is 2.35. The maximum atomic E-state index is 11.8. The fraction of sp³-hybridized carbons (Fsp3) is 0.364. The molecule has 0 aromatic heterocycles. The smallest absolute Gasteiger partial charge is 0.195 e. The molecule has 0 amide bonds. The third-order valence-corrected chi connectivity index (χ3v) is 2.72. The standard InChI is InChI=1S/C11H11NO4/c1-15-8-4-3-6-5-7(12-14)10(13)9(6)11(8)16-2/h3-4,7H,5H2,1-2H3/t7-/m0/s1. The Bertz CT molecular complexity index is 456. The SMILES string of the molecule is COc1ccc2c(c1OC)C(=O)[C@@H](N=O)C2. The average Bonchev–Trinajstić information content (AvgIpc) is 2.65. The molecule has 1 aliphatic rings. The normalized spacial score (nSPS) is 18.1. The van der Waals surface area contributed by atoms with Gasteiger partial charge in [-0.15, -0.1) is 0 Å². The highest BCUT2D eigenvalue weighted by atomic mass is 16.5. The van der Waals surface area contributed by atoms with Gasteiger partial charge in [0.2, 0.25) is 0 Å². The van der Waals surface area contributed by atoms with Crippen LogP contribution in [0.3, 0.4) is 0 Å². The molecule has 0 aliphatic heterocycles. The minimum Gasteiger partial charge on any atom is -0.493 e. The predicted molar refractivity (Wildman–Crippen MR) is 57.2 cm³/mol. The van der Waals surface area contributed by atoms with Crippen LogP contribution in [0.5, 0.6) is 11.5 Å². The van der Waals surface area contributed by atoms with Gasteiger partial charge in [0.1, 0.15) is 0 Å². The Balaban J connectivity index is 2.58. The van der Waals surface area contributed by atoms with Gasteiger partial charge in [0.25, 0.3) is 0 Å². The molecule has 5 heteroatoms. The van der Waals surface area contributed by atoms with Crippen LogP contribution in [0.4, 0.5) is 0 Å². The van der Waals surface area contributed by atoms with Crippen LogP contribution in [0.2, 0.25) is 0 Å². The van der Waals surface area contributed by atoms with Gasteiger partial charge in [-0.05, 0) is 11.6 Å². The summed E-state index contributed by atoms with van der Waals surface area (Å²) in [6.45, 7) is 0. The van der Waals surface area contributed by atoms with Crippen molar-refractivity contribution in [2.24, 2.45) is 5.18 Å². The molecule has 1 aromatic rings. The number of rotatable bonds is 3. The quantitative estimate of drug-likeness (QED) is 0.727. The van der Waals surface area contributed by atoms with Crippen molar-refractivity contribution in [3.05, 3.63) is 28.2 Å². The highest BCUT2D eigenvalue weighted by Crippen LogP contribution is 2.38. The molecule has 0 fully saturated rings. The molecule has 0 saturated heterocycles. The van der Waals surface area contributed by atoms with Crippen molar-refractivity contribution in [2.75, 3.05) is 14.2 Å². The number of benzene rings is 1. The summed E-state index contributed by atoms with van der Waals surface area (Å²) in [7, 11) is 2.96. The Hall–Kier alpha value is -1.91. The molecule has 0 spiro atoms. The Labute approximate surface area is 92.3 Å². The first-order chi connectivity index (χ1) is 7.72. The van der Waals surface area contributed by atoms with E-state index in [0.717, 1.165) is 5.56 Å². The number of fused-ring (bicyclic) bond motifs is 1. The van der Waals surface area contributed by atoms with Gasteiger partial charge < -0.3 is 9.47 Å². The van der Waals surface area contributed by atoms with Gasteiger partial charge in [0.15, 0.2) is 23.3 Å². The van der Waals surface area contributed by atoms with Crippen molar-refractivity contribution in [1.82, 2.24) is 0 Å². The molecule has 0 radical (unpaired) electrons. The van der Waals surface area contributed by atoms with Gasteiger partial charge in [-0.3, -0.25) is 4.79 Å². The van der Waals surface area contributed by atoms with Crippen molar-refractivity contribution in [1.29, 1.82) is 0 Å². The van der Waals surface area contributed by atoms with Crippen LogP contribution in [-0.2, 0) is 6.42 Å². The van der Waals surface area contributed by atoms with Crippen molar-refractivity contribution >= 4 is 5.78 Å². The summed E-state index contributed by atoms with van der Waals surface area (Å²) in [6, 6.07) is 2.66. The maximum Gasteiger partial charge on any atom is 0.195 e. The van der Waals surface area contributed by atoms with E-state index in [1.54, 1.807) is 12.1 Å². The Morgan fingerprint density at radius 1 is 1.31 bits per heavy atom. The van der Waals surface area contributed by atoms with Crippen molar-refractivity contribution < 1.29 is 14.3 Å². The lowest BCUT2D eigenvalue weighted by Crippen LogP contribution is -2.12. The van der Waals surface area contributed by atoms with Crippen LogP contribution < -0.4 is 9.47 Å². The van der Waals surface area contributed by atoms with E-state index in [0.29, 0.717) is 23.5 Å². The van der Waals surface area contributed by atoms with E-state index in [9.17, 15) is 9.70 Å². The first-order valence-corrected chi connectivity index (χ1v) is 4.83. The van der Waals surface area contributed by atoms with Crippen LogP contribution >= 0.6 is 0 Å². The molecule has 1 aliphatic carbocycles. The van der Waals surface area contributed by atoms with E-state index in [2.05, 4.69) is 5.18 Å². The number of ketones is 1. The van der Waals surface area contributed by atoms with Gasteiger partial charge in [-0.1, -0.05) is 11.2 Å². The zero-order valence-corrected chi connectivity index (χ0v) is 9.02. The second-order valence-corrected chi connectivity index (χ2v) is 3.52. The van der Waals surface area contributed by atoms with Crippen LogP contribution in [0.1, 0.15) is 15.9 Å². The number of methoxy groups -OCH3 is 2. The third-order valence-electron chi connectivity index (χ3n) is 2.72. The fourth-order valence-electron chi connectivity index (χ4n) is 1.96. The second kappa shape index (κ2) is 3.92. The molecule has 2 rings (SSSR count). The van der Waals surface area contributed by atoms with Gasteiger partial charge in [0, 0.05) is 6.42 Å². The Morgan fingerprint density at radius 2 is 2.06 bits per heavy atom. The van der Waals surface area contributed by atoms with Gasteiger partial charge in [-0.2, -0.15) is 4.91 Å². The number of nitrogens with zero attached hydrogens (tertiary/aromatic N) is 1. The molecule has 0 bridgehead atoms. The second-order valence-electron chi connectivity index (χ2n) is 3.52. The lowest BCUT2D eigenvalue weighted by atomic mass is 10.1. The molecule has 5 nitrogen and oxygen atoms in total. The van der Waals surface area contributed by atoms with E-state index < -0.39 is 6.04 Å². The maximum absolute atomic E-state index is 11.8. The van der Waals surface area contributed by atoms with E-state index in [1.165, 1.54) is 14.2 Å². The Morgan fingerprint density at radius 3 is 2.62 bits per heavy atom. The number of carbonyl (C=O) groups excluding carboxylic acids is 1. The van der Waals surface area contributed by atoms with Crippen LogP contribution in [-0.4, -0.2) is 26.0 Å². The van der Waals surface area contributed by atoms with Gasteiger partial charge in [0.05, 0.1) is 19.8 Å². The first kappa shape index (κ1) is 10.6. The zero-order valence-electron chi connectivity index (χ0n) is 9.02. The molecular weight excluding hydrogens is 210 g/mol. The molecule has 16 heavy (non-hydrogen) atoms. The van der Waals surface area contributed by atoms with E-state index in [-0.39, 0.29) is 5.78 Å². The molecule has 0 N–H and O–H groups in total. The van der Waals surface area contributed by atoms with Crippen molar-refractivity contribution in [3.63, 3.8) is 0 Å². The summed E-state index contributed by atoms with van der Waals surface area (Å²) in [5.74, 6) is 0.582. The van der Waals surface area contributed by atoms with Gasteiger partial charge in [-0.25, -0.2) is 0 Å². The fourth-order valence-corrected chi connectivity index (χ4v) is 1.96. The molecule has 0 saturated carbocycles. The number of nitroso groups, excluding NO2 is 1. The summed E-state index contributed by atoms with van der Waals surface area (Å²) in [5.41, 5.74) is 1.21. The van der Waals surface area contributed by atoms with Crippen LogP contribution in [0, 0.1) is 4.91 Å². The van der Waals surface area contributed by atoms with E-state index in [1.807, 2.05) is 0 Å². The van der Waals surface area contributed by atoms with Crippen molar-refractivity contribution in [2.45, 2.75) is 12.5 Å². The minimum atomic E-state index is -0.823. The summed E-state index contributed by atoms with van der Waals surface area (Å²) < 4.78 is 10.2. The monoisotopic (exact) mass is 221 g/mol. The zero-order chi connectivity index (χ0) is 11.7. The molecule has 84 valence electrons. The Kier molecular flexibility index (Phi) is 2.60. The summed E-state index contributed by atoms with van der Waals surface area (Å²) in [6.07, 6.45) is 0.345. The summed E-state index contributed by atoms with van der Waals surface area (Å²) in [4.78, 5) is 22.3. The summed E-state index contributed by atoms with van der Waals surface area (Å²) >= 11 is 0.